The number of benzene rings is 2. The van der Waals surface area contributed by atoms with Crippen LogP contribution >= 0.6 is 0 Å². The van der Waals surface area contributed by atoms with Crippen LogP contribution in [0, 0.1) is 0 Å². The van der Waals surface area contributed by atoms with E-state index in [2.05, 4.69) is 15.6 Å². The van der Waals surface area contributed by atoms with Crippen LogP contribution in [0.1, 0.15) is 11.3 Å². The van der Waals surface area contributed by atoms with Gasteiger partial charge in [-0.25, -0.2) is 4.79 Å². The van der Waals surface area contributed by atoms with Gasteiger partial charge in [-0.15, -0.1) is 5.01 Å². The molecule has 2 aliphatic heterocycles. The average Bonchev–Trinajstić information content (AvgIpc) is 3.30. The summed E-state index contributed by atoms with van der Waals surface area (Å²) < 4.78 is 81.6. The van der Waals surface area contributed by atoms with Crippen molar-refractivity contribution in [3.05, 3.63) is 77.9 Å². The second-order valence-electron chi connectivity index (χ2n) is 8.21. The van der Waals surface area contributed by atoms with Crippen LogP contribution in [0.2, 0.25) is 0 Å². The maximum Gasteiger partial charge on any atom is 0.478 e. The first kappa shape index (κ1) is 24.3. The number of pyridine rings is 1. The molecule has 2 aromatic carbocycles. The minimum absolute atomic E-state index is 0.105. The van der Waals surface area contributed by atoms with Crippen LogP contribution in [-0.4, -0.2) is 34.2 Å². The van der Waals surface area contributed by atoms with Gasteiger partial charge in [0.25, 0.3) is 0 Å². The zero-order chi connectivity index (χ0) is 26.5. The van der Waals surface area contributed by atoms with Crippen LogP contribution < -0.4 is 15.6 Å². The van der Waals surface area contributed by atoms with E-state index < -0.39 is 30.1 Å². The maximum absolute atomic E-state index is 14.2. The molecule has 13 heteroatoms. The average molecular weight is 519 g/mol. The summed E-state index contributed by atoms with van der Waals surface area (Å²) in [6.07, 6.45) is -6.75. The first-order valence-electron chi connectivity index (χ1n) is 10.7. The molecule has 2 N–H and O–H groups in total. The first-order valence-corrected chi connectivity index (χ1v) is 10.7. The molecule has 0 aliphatic carbocycles. The van der Waals surface area contributed by atoms with Gasteiger partial charge in [-0.2, -0.15) is 26.3 Å². The third-order valence-electron chi connectivity index (χ3n) is 5.88. The lowest BCUT2D eigenvalue weighted by atomic mass is 9.95. The lowest BCUT2D eigenvalue weighted by Gasteiger charge is -2.35. The number of halogens is 6. The van der Waals surface area contributed by atoms with Crippen molar-refractivity contribution >= 4 is 39.7 Å². The van der Waals surface area contributed by atoms with Crippen molar-refractivity contribution in [3.63, 3.8) is 0 Å². The quantitative estimate of drug-likeness (QED) is 0.288. The number of nitrogens with zero attached hydrogens (tertiary/aromatic N) is 3. The number of carbonyl (C=O) groups excluding carboxylic acids is 2. The van der Waals surface area contributed by atoms with E-state index in [4.69, 9.17) is 0 Å². The highest BCUT2D eigenvalue weighted by molar-refractivity contribution is 6.06. The molecular weight excluding hydrogens is 504 g/mol. The number of rotatable bonds is 3. The van der Waals surface area contributed by atoms with Crippen molar-refractivity contribution in [2.24, 2.45) is 0 Å². The molecule has 3 heterocycles. The molecule has 5 rings (SSSR count). The van der Waals surface area contributed by atoms with E-state index in [0.29, 0.717) is 28.1 Å². The highest BCUT2D eigenvalue weighted by Gasteiger charge is 2.50. The summed E-state index contributed by atoms with van der Waals surface area (Å²) in [5, 5.41) is 6.71. The number of carbonyl (C=O) groups is 1. The Morgan fingerprint density at radius 2 is 1.89 bits per heavy atom. The predicted molar refractivity (Wildman–Crippen MR) is 122 cm³/mol. The molecular formula is C24H15F6N5O2. The molecule has 1 unspecified atom stereocenters. The Hall–Kier alpha value is -4.35. The lowest BCUT2D eigenvalue weighted by Crippen LogP contribution is -2.54. The molecule has 1 amide bonds. The smallest absolute Gasteiger partial charge is 0.349 e. The summed E-state index contributed by atoms with van der Waals surface area (Å²) in [6, 6.07) is 7.59. The molecule has 0 spiro atoms. The van der Waals surface area contributed by atoms with Gasteiger partial charge in [-0.05, 0) is 35.9 Å². The summed E-state index contributed by atoms with van der Waals surface area (Å²) in [6.45, 7) is 0. The predicted octanol–water partition coefficient (Wildman–Crippen LogP) is 5.01. The van der Waals surface area contributed by atoms with Crippen molar-refractivity contribution in [2.45, 2.75) is 24.9 Å². The van der Waals surface area contributed by atoms with Gasteiger partial charge in [0.2, 0.25) is 5.91 Å². The zero-order valence-electron chi connectivity index (χ0n) is 18.5. The summed E-state index contributed by atoms with van der Waals surface area (Å²) in [4.78, 5) is 27.1. The van der Waals surface area contributed by atoms with E-state index >= 15 is 0 Å². The molecule has 3 aromatic rings. The van der Waals surface area contributed by atoms with Crippen molar-refractivity contribution in [1.29, 1.82) is 0 Å². The monoisotopic (exact) mass is 519 g/mol. The standard InChI is InChI=1S/C24H15F6N5O2/c25-23(26,27)20-11-14(6-8-31-20)33-22(37)19-7-9-34(35(19)24(28,29)30)18-5-4-13-10-15(12-36)32-17-3-1-2-16(18)21(13)17/h1-9,11,19,32H,10H2,(H,31,33,37). The minimum Gasteiger partial charge on any atom is -0.349 e. The van der Waals surface area contributed by atoms with Gasteiger partial charge in [0.05, 0.1) is 5.69 Å². The molecule has 7 nitrogen and oxygen atoms in total. The molecule has 1 atom stereocenters. The van der Waals surface area contributed by atoms with Crippen LogP contribution in [0.3, 0.4) is 0 Å². The summed E-state index contributed by atoms with van der Waals surface area (Å²) in [5.41, 5.74) is -0.0336. The number of alkyl halides is 6. The third-order valence-corrected chi connectivity index (χ3v) is 5.88. The van der Waals surface area contributed by atoms with Gasteiger partial charge < -0.3 is 10.6 Å². The van der Waals surface area contributed by atoms with Crippen molar-refractivity contribution in [3.8, 4) is 0 Å². The van der Waals surface area contributed by atoms with Crippen LogP contribution in [-0.2, 0) is 22.2 Å². The Kier molecular flexibility index (Phi) is 5.69. The Morgan fingerprint density at radius 3 is 2.59 bits per heavy atom. The number of allylic oxidation sites excluding steroid dienone is 1. The fourth-order valence-corrected chi connectivity index (χ4v) is 4.38. The highest BCUT2D eigenvalue weighted by Crippen LogP contribution is 2.42. The van der Waals surface area contributed by atoms with Crippen LogP contribution in [0.15, 0.2) is 66.6 Å². The molecule has 1 aromatic heterocycles. The maximum atomic E-state index is 14.2. The molecule has 0 bridgehead atoms. The molecule has 37 heavy (non-hydrogen) atoms. The molecule has 0 radical (unpaired) electrons. The molecule has 0 saturated carbocycles. The topological polar surface area (TPSA) is 77.6 Å². The number of aromatic nitrogens is 1. The van der Waals surface area contributed by atoms with E-state index in [9.17, 15) is 35.9 Å². The fraction of sp³-hybridized carbons (Fsp3) is 0.167. The fourth-order valence-electron chi connectivity index (χ4n) is 4.38. The summed E-state index contributed by atoms with van der Waals surface area (Å²) >= 11 is 0. The Bertz CT molecular complexity index is 1480. The number of hydrogen-bond donors (Lipinski definition) is 2. The molecule has 190 valence electrons. The number of anilines is 3. The van der Waals surface area contributed by atoms with E-state index in [1.165, 1.54) is 6.07 Å². The molecule has 0 fully saturated rings. The molecule has 0 saturated heterocycles. The van der Waals surface area contributed by atoms with Gasteiger partial charge in [0.1, 0.15) is 23.4 Å². The summed E-state index contributed by atoms with van der Waals surface area (Å²) in [5.74, 6) is 0.607. The largest absolute Gasteiger partial charge is 0.478 e. The van der Waals surface area contributed by atoms with E-state index in [0.717, 1.165) is 29.5 Å². The van der Waals surface area contributed by atoms with Gasteiger partial charge in [-0.3, -0.25) is 14.8 Å². The number of amides is 1. The van der Waals surface area contributed by atoms with Crippen molar-refractivity contribution in [2.75, 3.05) is 15.6 Å². The first-order chi connectivity index (χ1) is 17.5. The Morgan fingerprint density at radius 1 is 1.11 bits per heavy atom. The van der Waals surface area contributed by atoms with E-state index in [1.54, 1.807) is 30.2 Å². The molecule has 2 aliphatic rings. The highest BCUT2D eigenvalue weighted by atomic mass is 19.4. The van der Waals surface area contributed by atoms with Crippen LogP contribution in [0.4, 0.5) is 43.4 Å². The van der Waals surface area contributed by atoms with Crippen molar-refractivity contribution in [1.82, 2.24) is 9.99 Å². The van der Waals surface area contributed by atoms with Gasteiger partial charge >= 0.3 is 12.5 Å². The van der Waals surface area contributed by atoms with Gasteiger partial charge in [0.15, 0.2) is 0 Å². The third kappa shape index (κ3) is 4.39. The minimum atomic E-state index is -5.04. The second kappa shape index (κ2) is 8.64. The van der Waals surface area contributed by atoms with E-state index in [1.807, 2.05) is 0 Å². The second-order valence-corrected chi connectivity index (χ2v) is 8.21. The summed E-state index contributed by atoms with van der Waals surface area (Å²) in [7, 11) is 0. The zero-order valence-corrected chi connectivity index (χ0v) is 18.5. The SMILES string of the molecule is O=C=C1Cc2ccc(N3C=CC(C(=O)Nc4ccnc(C(F)(F)F)c4)N3C(F)(F)F)c3cccc(c23)N1. The number of hydrazine groups is 1. The van der Waals surface area contributed by atoms with Gasteiger partial charge in [0, 0.05) is 41.0 Å². The lowest BCUT2D eigenvalue weighted by molar-refractivity contribution is -0.250. The van der Waals surface area contributed by atoms with Crippen molar-refractivity contribution < 1.29 is 35.9 Å². The van der Waals surface area contributed by atoms with Gasteiger partial charge in [-0.1, -0.05) is 18.2 Å². The van der Waals surface area contributed by atoms with Crippen LogP contribution in [0.25, 0.3) is 10.8 Å². The normalized spacial score (nSPS) is 17.6. The van der Waals surface area contributed by atoms with Crippen LogP contribution in [0.5, 0.6) is 0 Å². The number of hydrogen-bond acceptors (Lipinski definition) is 6. The Balaban J connectivity index is 1.50. The Labute approximate surface area is 204 Å². The number of nitrogens with one attached hydrogen (secondary N) is 2. The van der Waals surface area contributed by atoms with E-state index in [-0.39, 0.29) is 28.5 Å².